The van der Waals surface area contributed by atoms with Crippen molar-refractivity contribution in [1.29, 1.82) is 0 Å². The summed E-state index contributed by atoms with van der Waals surface area (Å²) in [4.78, 5) is 19.7. The van der Waals surface area contributed by atoms with Crippen LogP contribution in [0.4, 0.5) is 0 Å². The predicted molar refractivity (Wildman–Crippen MR) is 157 cm³/mol. The third-order valence-corrected chi connectivity index (χ3v) is 7.54. The van der Waals surface area contributed by atoms with E-state index in [2.05, 4.69) is 92.7 Å². The first kappa shape index (κ1) is 23.2. The Balaban J connectivity index is 1.28. The molecule has 4 heteroatoms. The smallest absolute Gasteiger partial charge is 0.160 e. The van der Waals surface area contributed by atoms with E-state index in [9.17, 15) is 0 Å². The molecule has 0 bridgehead atoms. The molecule has 2 heterocycles. The lowest BCUT2D eigenvalue weighted by atomic mass is 9.85. The monoisotopic (exact) mass is 502 g/mol. The van der Waals surface area contributed by atoms with Crippen LogP contribution >= 0.6 is 0 Å². The van der Waals surface area contributed by atoms with E-state index in [4.69, 9.17) is 19.9 Å². The van der Waals surface area contributed by atoms with Crippen molar-refractivity contribution in [3.63, 3.8) is 0 Å². The second-order valence-corrected chi connectivity index (χ2v) is 10.4. The zero-order chi connectivity index (χ0) is 26.4. The summed E-state index contributed by atoms with van der Waals surface area (Å²) in [6, 6.07) is 39.3. The van der Waals surface area contributed by atoms with Gasteiger partial charge in [0.2, 0.25) is 0 Å². The topological polar surface area (TPSA) is 51.6 Å². The van der Waals surface area contributed by atoms with Crippen molar-refractivity contribution in [3.05, 3.63) is 133 Å². The maximum atomic E-state index is 5.06. The van der Waals surface area contributed by atoms with Crippen molar-refractivity contribution >= 4 is 0 Å². The van der Waals surface area contributed by atoms with Crippen molar-refractivity contribution < 1.29 is 0 Å². The summed E-state index contributed by atoms with van der Waals surface area (Å²) >= 11 is 0. The Morgan fingerprint density at radius 2 is 1.03 bits per heavy atom. The minimum absolute atomic E-state index is 0.164. The molecule has 0 N–H and O–H groups in total. The number of benzene rings is 4. The molecule has 0 saturated heterocycles. The van der Waals surface area contributed by atoms with E-state index < -0.39 is 0 Å². The average Bonchev–Trinajstić information content (AvgIpc) is 3.24. The molecular formula is C35H26N4. The van der Waals surface area contributed by atoms with Gasteiger partial charge in [0.25, 0.3) is 0 Å². The van der Waals surface area contributed by atoms with Crippen LogP contribution in [0, 0.1) is 0 Å². The fourth-order valence-electron chi connectivity index (χ4n) is 5.44. The summed E-state index contributed by atoms with van der Waals surface area (Å²) in [5.74, 6) is 1.42. The van der Waals surface area contributed by atoms with E-state index in [1.165, 1.54) is 11.1 Å². The van der Waals surface area contributed by atoms with Gasteiger partial charge in [0.1, 0.15) is 0 Å². The Morgan fingerprint density at radius 3 is 1.64 bits per heavy atom. The van der Waals surface area contributed by atoms with E-state index in [0.29, 0.717) is 5.82 Å². The molecule has 0 aliphatic heterocycles. The Labute approximate surface area is 228 Å². The van der Waals surface area contributed by atoms with Crippen LogP contribution in [0.15, 0.2) is 121 Å². The minimum Gasteiger partial charge on any atom is -0.236 e. The van der Waals surface area contributed by atoms with Crippen LogP contribution in [0.3, 0.4) is 0 Å². The zero-order valence-electron chi connectivity index (χ0n) is 21.8. The lowest BCUT2D eigenvalue weighted by Crippen LogP contribution is -2.17. The number of fused-ring (bicyclic) bond motifs is 3. The number of aromatic nitrogens is 4. The molecular weight excluding hydrogens is 476 g/mol. The molecule has 0 saturated carbocycles. The molecule has 0 unspecified atom stereocenters. The van der Waals surface area contributed by atoms with Gasteiger partial charge in [-0.3, -0.25) is 0 Å². The van der Waals surface area contributed by atoms with Gasteiger partial charge in [0.15, 0.2) is 11.6 Å². The third-order valence-electron chi connectivity index (χ3n) is 7.54. The highest BCUT2D eigenvalue weighted by Gasteiger charge is 2.37. The summed E-state index contributed by atoms with van der Waals surface area (Å²) in [6.45, 7) is 4.47. The highest BCUT2D eigenvalue weighted by molar-refractivity contribution is 5.80. The molecule has 0 fully saturated rings. The summed E-state index contributed by atoms with van der Waals surface area (Å²) < 4.78 is 0. The molecule has 1 aliphatic rings. The first-order valence-corrected chi connectivity index (χ1v) is 13.2. The normalized spacial score (nSPS) is 13.1. The van der Waals surface area contributed by atoms with Crippen molar-refractivity contribution in [2.75, 3.05) is 0 Å². The Hall–Kier alpha value is -4.96. The van der Waals surface area contributed by atoms with Gasteiger partial charge >= 0.3 is 0 Å². The van der Waals surface area contributed by atoms with Crippen LogP contribution in [0.25, 0.3) is 56.4 Å². The van der Waals surface area contributed by atoms with Crippen LogP contribution in [-0.2, 0) is 5.41 Å². The molecule has 1 aliphatic carbocycles. The van der Waals surface area contributed by atoms with Crippen LogP contribution in [-0.4, -0.2) is 19.9 Å². The standard InChI is InChI=1S/C35H26N4/c1-35(2)29-16-10-9-15-27(29)28-22-36-33(39-32(28)35)25-17-19-26(20-18-25)34-37-30(23-11-5-3-6-12-23)21-31(38-34)24-13-7-4-8-14-24/h3-22H,1-2H3. The van der Waals surface area contributed by atoms with Gasteiger partial charge in [-0.05, 0) is 17.2 Å². The largest absolute Gasteiger partial charge is 0.236 e. The molecule has 4 aromatic carbocycles. The molecule has 0 amide bonds. The maximum Gasteiger partial charge on any atom is 0.160 e. The number of nitrogens with zero attached hydrogens (tertiary/aromatic N) is 4. The fourth-order valence-corrected chi connectivity index (χ4v) is 5.44. The average molecular weight is 503 g/mol. The van der Waals surface area contributed by atoms with Crippen LogP contribution < -0.4 is 0 Å². The fraction of sp³-hybridized carbons (Fsp3) is 0.0857. The molecule has 2 aromatic heterocycles. The molecule has 0 atom stereocenters. The third kappa shape index (κ3) is 4.02. The molecule has 6 aromatic rings. The summed E-state index contributed by atoms with van der Waals surface area (Å²) in [7, 11) is 0. The van der Waals surface area contributed by atoms with Crippen LogP contribution in [0.1, 0.15) is 25.1 Å². The van der Waals surface area contributed by atoms with E-state index in [1.54, 1.807) is 0 Å². The van der Waals surface area contributed by atoms with Gasteiger partial charge in [0.05, 0.1) is 17.1 Å². The quantitative estimate of drug-likeness (QED) is 0.244. The molecule has 186 valence electrons. The van der Waals surface area contributed by atoms with Gasteiger partial charge in [-0.2, -0.15) is 0 Å². The van der Waals surface area contributed by atoms with E-state index in [1.807, 2.05) is 42.6 Å². The van der Waals surface area contributed by atoms with Crippen LogP contribution in [0.5, 0.6) is 0 Å². The van der Waals surface area contributed by atoms with Crippen molar-refractivity contribution in [3.8, 4) is 56.4 Å². The summed E-state index contributed by atoms with van der Waals surface area (Å²) in [6.07, 6.45) is 1.97. The van der Waals surface area contributed by atoms with Gasteiger partial charge in [-0.25, -0.2) is 19.9 Å². The lowest BCUT2D eigenvalue weighted by molar-refractivity contribution is 0.636. The lowest BCUT2D eigenvalue weighted by Gasteiger charge is -2.20. The molecule has 7 rings (SSSR count). The number of hydrogen-bond donors (Lipinski definition) is 0. The Kier molecular flexibility index (Phi) is 5.41. The second-order valence-electron chi connectivity index (χ2n) is 10.4. The Bertz CT molecular complexity index is 1750. The summed E-state index contributed by atoms with van der Waals surface area (Å²) in [5, 5.41) is 0. The first-order valence-electron chi connectivity index (χ1n) is 13.2. The van der Waals surface area contributed by atoms with Gasteiger partial charge < -0.3 is 0 Å². The van der Waals surface area contributed by atoms with Crippen molar-refractivity contribution in [2.24, 2.45) is 0 Å². The van der Waals surface area contributed by atoms with Gasteiger partial charge in [-0.15, -0.1) is 0 Å². The summed E-state index contributed by atoms with van der Waals surface area (Å²) in [5.41, 5.74) is 10.4. The molecule has 39 heavy (non-hydrogen) atoms. The highest BCUT2D eigenvalue weighted by atomic mass is 14.9. The van der Waals surface area contributed by atoms with Crippen molar-refractivity contribution in [2.45, 2.75) is 19.3 Å². The maximum absolute atomic E-state index is 5.06. The van der Waals surface area contributed by atoms with E-state index in [-0.39, 0.29) is 5.41 Å². The zero-order valence-corrected chi connectivity index (χ0v) is 21.8. The molecule has 0 spiro atoms. The predicted octanol–water partition coefficient (Wildman–Crippen LogP) is 8.24. The molecule has 0 radical (unpaired) electrons. The number of rotatable bonds is 4. The SMILES string of the molecule is CC1(C)c2ccccc2-c2cnc(-c3ccc(-c4nc(-c5ccccc5)cc(-c5ccccc5)n4)cc3)nc21. The second kappa shape index (κ2) is 9.10. The highest BCUT2D eigenvalue weighted by Crippen LogP contribution is 2.47. The first-order chi connectivity index (χ1) is 19.1. The van der Waals surface area contributed by atoms with Gasteiger partial charge in [-0.1, -0.05) is 123 Å². The van der Waals surface area contributed by atoms with Crippen molar-refractivity contribution in [1.82, 2.24) is 19.9 Å². The van der Waals surface area contributed by atoms with E-state index in [0.717, 1.165) is 50.7 Å². The van der Waals surface area contributed by atoms with Gasteiger partial charge in [0, 0.05) is 39.4 Å². The number of hydrogen-bond acceptors (Lipinski definition) is 4. The minimum atomic E-state index is -0.164. The Morgan fingerprint density at radius 1 is 0.487 bits per heavy atom. The van der Waals surface area contributed by atoms with Crippen LogP contribution in [0.2, 0.25) is 0 Å². The van der Waals surface area contributed by atoms with E-state index >= 15 is 0 Å². The molecule has 4 nitrogen and oxygen atoms in total.